The van der Waals surface area contributed by atoms with E-state index in [2.05, 4.69) is 22.9 Å². The summed E-state index contributed by atoms with van der Waals surface area (Å²) in [6.07, 6.45) is 4.12. The van der Waals surface area contributed by atoms with Gasteiger partial charge in [0.05, 0.1) is 112 Å². The molecule has 0 bridgehead atoms. The van der Waals surface area contributed by atoms with Gasteiger partial charge in [-0.2, -0.15) is 0 Å². The van der Waals surface area contributed by atoms with E-state index in [0.717, 1.165) is 18.4 Å². The van der Waals surface area contributed by atoms with Crippen molar-refractivity contribution in [1.82, 2.24) is 15.5 Å². The molecule has 0 radical (unpaired) electrons. The summed E-state index contributed by atoms with van der Waals surface area (Å²) in [6, 6.07) is 7.26. The molecule has 2 rings (SSSR count). The molecule has 0 aromatic heterocycles. The van der Waals surface area contributed by atoms with E-state index in [9.17, 15) is 24.0 Å². The molecule has 1 aliphatic heterocycles. The summed E-state index contributed by atoms with van der Waals surface area (Å²) >= 11 is 0. The van der Waals surface area contributed by atoms with Crippen LogP contribution in [0.2, 0.25) is 0 Å². The average molecular weight is 797 g/mol. The lowest BCUT2D eigenvalue weighted by atomic mass is 10.1. The van der Waals surface area contributed by atoms with Crippen LogP contribution in [0.15, 0.2) is 24.3 Å². The number of amides is 5. The minimum absolute atomic E-state index is 0.0655. The summed E-state index contributed by atoms with van der Waals surface area (Å²) in [5.74, 6) is -0.518. The average Bonchev–Trinajstić information content (AvgIpc) is 3.19. The van der Waals surface area contributed by atoms with E-state index in [1.807, 2.05) is 12.1 Å². The Labute approximate surface area is 331 Å². The number of imide groups is 1. The highest BCUT2D eigenvalue weighted by Crippen LogP contribution is 2.15. The van der Waals surface area contributed by atoms with Crippen LogP contribution in [0.4, 0.5) is 5.69 Å². The van der Waals surface area contributed by atoms with Gasteiger partial charge in [0.25, 0.3) is 0 Å². The molecular weight excluding hydrogens is 732 g/mol. The van der Waals surface area contributed by atoms with Crippen LogP contribution in [0.25, 0.3) is 0 Å². The van der Waals surface area contributed by atoms with Crippen LogP contribution < -0.4 is 16.0 Å². The quantitative estimate of drug-likeness (QED) is 0.0650. The normalized spacial score (nSPS) is 12.4. The predicted molar refractivity (Wildman–Crippen MR) is 206 cm³/mol. The molecule has 318 valence electrons. The lowest BCUT2D eigenvalue weighted by Gasteiger charge is -2.28. The number of nitrogens with zero attached hydrogens (tertiary/aromatic N) is 1. The highest BCUT2D eigenvalue weighted by molar-refractivity contribution is 5.99. The van der Waals surface area contributed by atoms with Gasteiger partial charge in [0.2, 0.25) is 29.5 Å². The third-order valence-electron chi connectivity index (χ3n) is 8.09. The van der Waals surface area contributed by atoms with Crippen molar-refractivity contribution in [3.05, 3.63) is 29.8 Å². The molecule has 0 saturated carbocycles. The summed E-state index contributed by atoms with van der Waals surface area (Å²) in [5.41, 5.74) is 1.60. The molecule has 1 fully saturated rings. The van der Waals surface area contributed by atoms with Crippen LogP contribution in [0, 0.1) is 0 Å². The van der Waals surface area contributed by atoms with Crippen LogP contribution in [0.5, 0.6) is 0 Å². The number of likely N-dealkylation sites (tertiary alicyclic amines) is 1. The standard InChI is InChI=1S/C39H64N4O13/c1-2-3-4-35(44)40-14-19-51-23-25-53-27-29-55-31-32-56-30-28-54-26-24-52-20-15-41-36(45)12-17-49-21-22-50-18-13-37(46)42-34-8-5-33(6-9-34)7-10-38(47)43-16-11-39(43)48/h5-6,8-9H,2-4,7,10-32H2,1H3,(H,40,44)(H,41,45)(H,42,46). The number of unbranched alkanes of at least 4 members (excludes halogenated alkanes) is 1. The Bertz CT molecular complexity index is 1220. The first-order valence-electron chi connectivity index (χ1n) is 19.8. The first-order chi connectivity index (χ1) is 27.4. The first-order valence-corrected chi connectivity index (χ1v) is 19.8. The second kappa shape index (κ2) is 33.6. The third kappa shape index (κ3) is 26.3. The van der Waals surface area contributed by atoms with E-state index in [4.69, 9.17) is 37.9 Å². The summed E-state index contributed by atoms with van der Waals surface area (Å²) in [4.78, 5) is 60.3. The van der Waals surface area contributed by atoms with Gasteiger partial charge in [0, 0.05) is 51.0 Å². The van der Waals surface area contributed by atoms with E-state index in [0.29, 0.717) is 137 Å². The molecule has 1 heterocycles. The molecule has 5 amide bonds. The van der Waals surface area contributed by atoms with Gasteiger partial charge in [-0.05, 0) is 30.5 Å². The van der Waals surface area contributed by atoms with Crippen LogP contribution >= 0.6 is 0 Å². The zero-order chi connectivity index (χ0) is 40.3. The molecule has 56 heavy (non-hydrogen) atoms. The van der Waals surface area contributed by atoms with Crippen molar-refractivity contribution in [2.45, 2.75) is 58.3 Å². The molecule has 1 saturated heterocycles. The van der Waals surface area contributed by atoms with Crippen LogP contribution in [-0.2, 0) is 68.3 Å². The third-order valence-corrected chi connectivity index (χ3v) is 8.09. The highest BCUT2D eigenvalue weighted by Gasteiger charge is 2.29. The van der Waals surface area contributed by atoms with Gasteiger partial charge in [-0.15, -0.1) is 0 Å². The molecule has 0 unspecified atom stereocenters. The Morgan fingerprint density at radius 2 is 0.982 bits per heavy atom. The zero-order valence-corrected chi connectivity index (χ0v) is 33.2. The summed E-state index contributed by atoms with van der Waals surface area (Å²) in [7, 11) is 0. The van der Waals surface area contributed by atoms with Crippen LogP contribution in [0.3, 0.4) is 0 Å². The van der Waals surface area contributed by atoms with E-state index in [1.165, 1.54) is 4.90 Å². The largest absolute Gasteiger partial charge is 0.379 e. The molecule has 3 N–H and O–H groups in total. The number of hydrogen-bond donors (Lipinski definition) is 3. The second-order valence-electron chi connectivity index (χ2n) is 12.6. The predicted octanol–water partition coefficient (Wildman–Crippen LogP) is 1.65. The van der Waals surface area contributed by atoms with Gasteiger partial charge in [0.15, 0.2) is 0 Å². The van der Waals surface area contributed by atoms with E-state index >= 15 is 0 Å². The van der Waals surface area contributed by atoms with E-state index in [-0.39, 0.29) is 62.0 Å². The number of carbonyl (C=O) groups excluding carboxylic acids is 5. The molecule has 0 aliphatic carbocycles. The maximum atomic E-state index is 12.2. The maximum Gasteiger partial charge on any atom is 0.230 e. The Hall–Kier alpha value is -3.55. The van der Waals surface area contributed by atoms with Crippen molar-refractivity contribution in [1.29, 1.82) is 0 Å². The van der Waals surface area contributed by atoms with Crippen LogP contribution in [-0.4, -0.2) is 160 Å². The Balaban J connectivity index is 1.24. The zero-order valence-electron chi connectivity index (χ0n) is 33.2. The van der Waals surface area contributed by atoms with Gasteiger partial charge in [-0.25, -0.2) is 0 Å². The number of benzene rings is 1. The Morgan fingerprint density at radius 1 is 0.554 bits per heavy atom. The van der Waals surface area contributed by atoms with Crippen molar-refractivity contribution in [3.63, 3.8) is 0 Å². The second-order valence-corrected chi connectivity index (χ2v) is 12.6. The smallest absolute Gasteiger partial charge is 0.230 e. The number of β-lactam (4-membered cyclic amide) rings is 1. The fourth-order valence-corrected chi connectivity index (χ4v) is 4.84. The number of anilines is 1. The monoisotopic (exact) mass is 796 g/mol. The number of rotatable bonds is 37. The number of carbonyl (C=O) groups is 5. The van der Waals surface area contributed by atoms with Gasteiger partial charge in [-0.3, -0.25) is 28.9 Å². The van der Waals surface area contributed by atoms with Gasteiger partial charge in [-0.1, -0.05) is 25.5 Å². The molecule has 0 spiro atoms. The first kappa shape index (κ1) is 48.6. The summed E-state index contributed by atoms with van der Waals surface area (Å²) < 4.78 is 43.6. The van der Waals surface area contributed by atoms with Crippen molar-refractivity contribution >= 4 is 35.2 Å². The van der Waals surface area contributed by atoms with Gasteiger partial charge in [0.1, 0.15) is 0 Å². The van der Waals surface area contributed by atoms with Gasteiger partial charge < -0.3 is 53.8 Å². The molecule has 17 heteroatoms. The van der Waals surface area contributed by atoms with E-state index in [1.54, 1.807) is 12.1 Å². The number of hydrogen-bond acceptors (Lipinski definition) is 13. The van der Waals surface area contributed by atoms with Crippen molar-refractivity contribution in [2.75, 3.05) is 131 Å². The van der Waals surface area contributed by atoms with Crippen molar-refractivity contribution in [2.24, 2.45) is 0 Å². The minimum Gasteiger partial charge on any atom is -0.379 e. The SMILES string of the molecule is CCCCC(=O)NCCOCCOCCOCCOCCOCCOCCNC(=O)CCOCCOCCC(=O)Nc1ccc(CCC(=O)N2CCC2=O)cc1. The lowest BCUT2D eigenvalue weighted by molar-refractivity contribution is -0.152. The van der Waals surface area contributed by atoms with Crippen molar-refractivity contribution in [3.8, 4) is 0 Å². The highest BCUT2D eigenvalue weighted by atomic mass is 16.6. The Morgan fingerprint density at radius 3 is 1.41 bits per heavy atom. The van der Waals surface area contributed by atoms with Crippen LogP contribution in [0.1, 0.15) is 57.4 Å². The minimum atomic E-state index is -0.183. The van der Waals surface area contributed by atoms with Crippen molar-refractivity contribution < 1.29 is 61.9 Å². The fraction of sp³-hybridized carbons (Fsp3) is 0.718. The van der Waals surface area contributed by atoms with Gasteiger partial charge >= 0.3 is 0 Å². The molecule has 0 atom stereocenters. The molecule has 1 aromatic carbocycles. The Kier molecular flexibility index (Phi) is 29.1. The fourth-order valence-electron chi connectivity index (χ4n) is 4.84. The maximum absolute atomic E-state index is 12.2. The topological polar surface area (TPSA) is 199 Å². The summed E-state index contributed by atoms with van der Waals surface area (Å²) in [6.45, 7) is 9.95. The molecule has 1 aliphatic rings. The molecular formula is C39H64N4O13. The number of nitrogens with one attached hydrogen (secondary N) is 3. The molecule has 1 aromatic rings. The van der Waals surface area contributed by atoms with E-state index < -0.39 is 0 Å². The number of ether oxygens (including phenoxy) is 8. The number of aryl methyl sites for hydroxylation is 1. The summed E-state index contributed by atoms with van der Waals surface area (Å²) in [5, 5.41) is 8.40. The molecule has 17 nitrogen and oxygen atoms in total. The lowest BCUT2D eigenvalue weighted by Crippen LogP contribution is -2.47.